The Morgan fingerprint density at radius 2 is 1.71 bits per heavy atom. The normalized spacial score (nSPS) is 18.4. The number of hydrogen-bond acceptors (Lipinski definition) is 5. The standard InChI is InChI=1S/C21H26ClN5O/c1-16-5-7-27(8-6-16)21(28)19-14-20(24-15-23-19)26-11-9-25(10-12-26)18-4-2-3-17(22)13-18/h2-4,13-16H,5-12H2,1H3. The van der Waals surface area contributed by atoms with Crippen LogP contribution < -0.4 is 9.80 Å². The van der Waals surface area contributed by atoms with Gasteiger partial charge in [0.15, 0.2) is 0 Å². The number of carbonyl (C=O) groups excluding carboxylic acids is 1. The second-order valence-electron chi connectivity index (χ2n) is 7.69. The van der Waals surface area contributed by atoms with Gasteiger partial charge in [0.05, 0.1) is 0 Å². The Morgan fingerprint density at radius 1 is 1.00 bits per heavy atom. The van der Waals surface area contributed by atoms with Crippen molar-refractivity contribution in [1.29, 1.82) is 0 Å². The molecular formula is C21H26ClN5O. The van der Waals surface area contributed by atoms with E-state index < -0.39 is 0 Å². The first-order valence-electron chi connectivity index (χ1n) is 9.97. The van der Waals surface area contributed by atoms with E-state index in [1.165, 1.54) is 6.33 Å². The number of benzene rings is 1. The third kappa shape index (κ3) is 4.22. The predicted molar refractivity (Wildman–Crippen MR) is 112 cm³/mol. The van der Waals surface area contributed by atoms with Crippen molar-refractivity contribution in [1.82, 2.24) is 14.9 Å². The second-order valence-corrected chi connectivity index (χ2v) is 8.13. The summed E-state index contributed by atoms with van der Waals surface area (Å²) in [5.74, 6) is 1.54. The third-order valence-electron chi connectivity index (χ3n) is 5.72. The van der Waals surface area contributed by atoms with Crippen LogP contribution in [0.15, 0.2) is 36.7 Å². The lowest BCUT2D eigenvalue weighted by Crippen LogP contribution is -2.47. The zero-order chi connectivity index (χ0) is 19.5. The van der Waals surface area contributed by atoms with E-state index in [0.717, 1.165) is 68.6 Å². The highest BCUT2D eigenvalue weighted by molar-refractivity contribution is 6.30. The van der Waals surface area contributed by atoms with Gasteiger partial charge in [0.2, 0.25) is 0 Å². The van der Waals surface area contributed by atoms with Crippen molar-refractivity contribution in [2.24, 2.45) is 5.92 Å². The summed E-state index contributed by atoms with van der Waals surface area (Å²) in [5, 5.41) is 0.756. The molecular weight excluding hydrogens is 374 g/mol. The van der Waals surface area contributed by atoms with E-state index in [1.807, 2.05) is 29.2 Å². The molecule has 0 bridgehead atoms. The van der Waals surface area contributed by atoms with Crippen molar-refractivity contribution in [2.75, 3.05) is 49.1 Å². The zero-order valence-corrected chi connectivity index (χ0v) is 17.0. The molecule has 0 aliphatic carbocycles. The fourth-order valence-electron chi connectivity index (χ4n) is 3.88. The molecule has 6 nitrogen and oxygen atoms in total. The molecule has 0 unspecified atom stereocenters. The smallest absolute Gasteiger partial charge is 0.272 e. The zero-order valence-electron chi connectivity index (χ0n) is 16.2. The molecule has 0 spiro atoms. The summed E-state index contributed by atoms with van der Waals surface area (Å²) >= 11 is 6.12. The highest BCUT2D eigenvalue weighted by Crippen LogP contribution is 2.23. The summed E-state index contributed by atoms with van der Waals surface area (Å²) < 4.78 is 0. The number of amides is 1. The predicted octanol–water partition coefficient (Wildman–Crippen LogP) is 3.33. The number of rotatable bonds is 3. The minimum absolute atomic E-state index is 0.0214. The number of halogens is 1. The van der Waals surface area contributed by atoms with Crippen LogP contribution in [0, 0.1) is 5.92 Å². The molecule has 1 amide bonds. The molecule has 1 aromatic carbocycles. The Kier molecular flexibility index (Phi) is 5.67. The fraction of sp³-hybridized carbons (Fsp3) is 0.476. The molecule has 0 saturated carbocycles. The van der Waals surface area contributed by atoms with E-state index in [2.05, 4.69) is 32.8 Å². The fourth-order valence-corrected chi connectivity index (χ4v) is 4.06. The molecule has 2 aromatic rings. The van der Waals surface area contributed by atoms with Gasteiger partial charge in [-0.25, -0.2) is 9.97 Å². The number of piperazine rings is 1. The van der Waals surface area contributed by atoms with Crippen LogP contribution in [-0.2, 0) is 0 Å². The van der Waals surface area contributed by atoms with Gasteiger partial charge in [0.1, 0.15) is 17.8 Å². The van der Waals surface area contributed by atoms with Crippen LogP contribution in [0.25, 0.3) is 0 Å². The molecule has 4 rings (SSSR count). The first-order chi connectivity index (χ1) is 13.6. The van der Waals surface area contributed by atoms with Crippen LogP contribution >= 0.6 is 11.6 Å². The number of carbonyl (C=O) groups is 1. The molecule has 0 atom stereocenters. The SMILES string of the molecule is CC1CCN(C(=O)c2cc(N3CCN(c4cccc(Cl)c4)CC3)ncn2)CC1. The molecule has 28 heavy (non-hydrogen) atoms. The van der Waals surface area contributed by atoms with Crippen molar-refractivity contribution < 1.29 is 4.79 Å². The van der Waals surface area contributed by atoms with Crippen LogP contribution in [0.1, 0.15) is 30.3 Å². The van der Waals surface area contributed by atoms with Gasteiger partial charge in [0.25, 0.3) is 5.91 Å². The monoisotopic (exact) mass is 399 g/mol. The second kappa shape index (κ2) is 8.35. The topological polar surface area (TPSA) is 52.6 Å². The van der Waals surface area contributed by atoms with Gasteiger partial charge in [-0.2, -0.15) is 0 Å². The van der Waals surface area contributed by atoms with Gasteiger partial charge in [-0.1, -0.05) is 24.6 Å². The van der Waals surface area contributed by atoms with E-state index in [4.69, 9.17) is 11.6 Å². The summed E-state index contributed by atoms with van der Waals surface area (Å²) in [6.07, 6.45) is 3.64. The number of nitrogens with zero attached hydrogens (tertiary/aromatic N) is 5. The van der Waals surface area contributed by atoms with E-state index in [9.17, 15) is 4.79 Å². The summed E-state index contributed by atoms with van der Waals surface area (Å²) in [4.78, 5) is 27.9. The summed E-state index contributed by atoms with van der Waals surface area (Å²) in [7, 11) is 0. The lowest BCUT2D eigenvalue weighted by atomic mass is 9.99. The molecule has 2 aliphatic heterocycles. The third-order valence-corrected chi connectivity index (χ3v) is 5.95. The lowest BCUT2D eigenvalue weighted by Gasteiger charge is -2.37. The molecule has 1 aromatic heterocycles. The van der Waals surface area contributed by atoms with Crippen molar-refractivity contribution >= 4 is 29.0 Å². The van der Waals surface area contributed by atoms with Crippen molar-refractivity contribution in [3.8, 4) is 0 Å². The number of piperidine rings is 1. The molecule has 7 heteroatoms. The number of hydrogen-bond donors (Lipinski definition) is 0. The van der Waals surface area contributed by atoms with E-state index in [0.29, 0.717) is 11.6 Å². The largest absolute Gasteiger partial charge is 0.368 e. The van der Waals surface area contributed by atoms with Crippen LogP contribution in [0.2, 0.25) is 5.02 Å². The molecule has 3 heterocycles. The Morgan fingerprint density at radius 3 is 2.43 bits per heavy atom. The Bertz CT molecular complexity index is 829. The van der Waals surface area contributed by atoms with Crippen LogP contribution in [-0.4, -0.2) is 60.0 Å². The summed E-state index contributed by atoms with van der Waals surface area (Å²) in [6, 6.07) is 9.80. The number of aromatic nitrogens is 2. The first-order valence-corrected chi connectivity index (χ1v) is 10.3. The minimum Gasteiger partial charge on any atom is -0.368 e. The summed E-state index contributed by atoms with van der Waals surface area (Å²) in [6.45, 7) is 7.34. The molecule has 0 N–H and O–H groups in total. The maximum Gasteiger partial charge on any atom is 0.272 e. The van der Waals surface area contributed by atoms with Crippen molar-refractivity contribution in [3.05, 3.63) is 47.4 Å². The quantitative estimate of drug-likeness (QED) is 0.792. The van der Waals surface area contributed by atoms with Crippen LogP contribution in [0.3, 0.4) is 0 Å². The molecule has 148 valence electrons. The van der Waals surface area contributed by atoms with Crippen molar-refractivity contribution in [3.63, 3.8) is 0 Å². The minimum atomic E-state index is 0.0214. The van der Waals surface area contributed by atoms with Crippen molar-refractivity contribution in [2.45, 2.75) is 19.8 Å². The van der Waals surface area contributed by atoms with E-state index in [1.54, 1.807) is 0 Å². The summed E-state index contributed by atoms with van der Waals surface area (Å²) in [5.41, 5.74) is 1.64. The lowest BCUT2D eigenvalue weighted by molar-refractivity contribution is 0.0691. The highest BCUT2D eigenvalue weighted by atomic mass is 35.5. The van der Waals surface area contributed by atoms with E-state index >= 15 is 0 Å². The van der Waals surface area contributed by atoms with Gasteiger partial charge in [0, 0.05) is 56.0 Å². The van der Waals surface area contributed by atoms with Gasteiger partial charge in [-0.3, -0.25) is 4.79 Å². The number of likely N-dealkylation sites (tertiary alicyclic amines) is 1. The average Bonchev–Trinajstić information content (AvgIpc) is 2.74. The van der Waals surface area contributed by atoms with Gasteiger partial charge >= 0.3 is 0 Å². The molecule has 2 aliphatic rings. The maximum absolute atomic E-state index is 12.8. The maximum atomic E-state index is 12.8. The van der Waals surface area contributed by atoms with Gasteiger partial charge in [-0.15, -0.1) is 0 Å². The molecule has 2 fully saturated rings. The van der Waals surface area contributed by atoms with Crippen LogP contribution in [0.5, 0.6) is 0 Å². The molecule has 2 saturated heterocycles. The first kappa shape index (κ1) is 19.0. The molecule has 0 radical (unpaired) electrons. The number of anilines is 2. The highest BCUT2D eigenvalue weighted by Gasteiger charge is 2.24. The van der Waals surface area contributed by atoms with Crippen LogP contribution in [0.4, 0.5) is 11.5 Å². The van der Waals surface area contributed by atoms with Gasteiger partial charge in [-0.05, 0) is 37.0 Å². The Labute approximate surface area is 171 Å². The average molecular weight is 400 g/mol. The Hall–Kier alpha value is -2.34. The van der Waals surface area contributed by atoms with E-state index in [-0.39, 0.29) is 5.91 Å². The Balaban J connectivity index is 1.40. The van der Waals surface area contributed by atoms with Gasteiger partial charge < -0.3 is 14.7 Å².